The molecule has 0 spiro atoms. The molecule has 0 bridgehead atoms. The first-order chi connectivity index (χ1) is 15.5. The zero-order valence-corrected chi connectivity index (χ0v) is 19.4. The first-order valence-corrected chi connectivity index (χ1v) is 11.3. The van der Waals surface area contributed by atoms with Crippen LogP contribution in [0.25, 0.3) is 11.0 Å². The van der Waals surface area contributed by atoms with Gasteiger partial charge in [-0.2, -0.15) is 0 Å². The highest BCUT2D eigenvalue weighted by molar-refractivity contribution is 5.78. The zero-order chi connectivity index (χ0) is 22.7. The topological polar surface area (TPSA) is 47.3 Å². The summed E-state index contributed by atoms with van der Waals surface area (Å²) in [5.41, 5.74) is 7.77. The molecule has 1 aromatic heterocycles. The number of rotatable bonds is 8. The largest absolute Gasteiger partial charge is 0.493 e. The maximum Gasteiger partial charge on any atom is 0.143 e. The predicted octanol–water partition coefficient (Wildman–Crippen LogP) is 6.21. The van der Waals surface area contributed by atoms with Crippen molar-refractivity contribution in [2.75, 3.05) is 6.61 Å². The number of aliphatic hydroxyl groups excluding tert-OH is 1. The molecule has 1 unspecified atom stereocenters. The Morgan fingerprint density at radius 3 is 2.41 bits per heavy atom. The third kappa shape index (κ3) is 4.56. The minimum absolute atomic E-state index is 0.672. The van der Waals surface area contributed by atoms with Gasteiger partial charge in [0, 0.05) is 6.54 Å². The summed E-state index contributed by atoms with van der Waals surface area (Å²) in [5.74, 6) is 1.66. The zero-order valence-electron chi connectivity index (χ0n) is 19.4. The van der Waals surface area contributed by atoms with Gasteiger partial charge in [0.15, 0.2) is 0 Å². The molecule has 0 fully saturated rings. The Morgan fingerprint density at radius 2 is 1.62 bits per heavy atom. The van der Waals surface area contributed by atoms with Crippen LogP contribution in [0.3, 0.4) is 0 Å². The third-order valence-corrected chi connectivity index (χ3v) is 6.34. The number of hydrogen-bond acceptors (Lipinski definition) is 3. The molecule has 4 nitrogen and oxygen atoms in total. The molecule has 1 atom stereocenters. The van der Waals surface area contributed by atoms with E-state index < -0.39 is 6.10 Å². The van der Waals surface area contributed by atoms with Crippen molar-refractivity contribution in [3.8, 4) is 5.75 Å². The van der Waals surface area contributed by atoms with Gasteiger partial charge in [-0.1, -0.05) is 42.5 Å². The summed E-state index contributed by atoms with van der Waals surface area (Å²) in [6, 6.07) is 20.2. The number of benzene rings is 3. The van der Waals surface area contributed by atoms with Crippen LogP contribution in [0.4, 0.5) is 0 Å². The monoisotopic (exact) mass is 428 g/mol. The van der Waals surface area contributed by atoms with E-state index in [0.29, 0.717) is 12.4 Å². The lowest BCUT2D eigenvalue weighted by Gasteiger charge is -2.15. The molecule has 0 aliphatic heterocycles. The fourth-order valence-corrected chi connectivity index (χ4v) is 4.06. The van der Waals surface area contributed by atoms with Gasteiger partial charge in [-0.3, -0.25) is 0 Å². The van der Waals surface area contributed by atoms with Crippen LogP contribution in [0.5, 0.6) is 5.75 Å². The first kappa shape index (κ1) is 22.1. The van der Waals surface area contributed by atoms with E-state index in [1.165, 1.54) is 22.3 Å². The van der Waals surface area contributed by atoms with Crippen molar-refractivity contribution in [1.29, 1.82) is 0 Å². The number of imidazole rings is 1. The number of nitrogens with zero attached hydrogens (tertiary/aromatic N) is 2. The highest BCUT2D eigenvalue weighted by Crippen LogP contribution is 2.28. The molecule has 0 aliphatic carbocycles. The lowest BCUT2D eigenvalue weighted by atomic mass is 10.1. The van der Waals surface area contributed by atoms with Crippen molar-refractivity contribution < 1.29 is 9.84 Å². The summed E-state index contributed by atoms with van der Waals surface area (Å²) in [7, 11) is 0. The fourth-order valence-electron chi connectivity index (χ4n) is 4.06. The van der Waals surface area contributed by atoms with Crippen LogP contribution in [-0.2, 0) is 6.54 Å². The van der Waals surface area contributed by atoms with Crippen LogP contribution in [-0.4, -0.2) is 21.3 Å². The second-order valence-electron chi connectivity index (χ2n) is 8.61. The molecule has 4 rings (SSSR count). The molecule has 0 amide bonds. The molecule has 0 radical (unpaired) electrons. The Kier molecular flexibility index (Phi) is 6.61. The quantitative estimate of drug-likeness (QED) is 0.339. The summed E-state index contributed by atoms with van der Waals surface area (Å²) in [6.07, 6.45) is 1.12. The van der Waals surface area contributed by atoms with Crippen LogP contribution < -0.4 is 4.74 Å². The van der Waals surface area contributed by atoms with E-state index >= 15 is 0 Å². The fraction of sp³-hybridized carbons (Fsp3) is 0.321. The summed E-state index contributed by atoms with van der Waals surface area (Å²) in [4.78, 5) is 4.84. The number of aliphatic hydroxyl groups is 1. The maximum absolute atomic E-state index is 11.1. The summed E-state index contributed by atoms with van der Waals surface area (Å²) in [6.45, 7) is 9.89. The normalized spacial score (nSPS) is 12.3. The van der Waals surface area contributed by atoms with Crippen LogP contribution >= 0.6 is 0 Å². The van der Waals surface area contributed by atoms with E-state index in [-0.39, 0.29) is 0 Å². The number of aryl methyl sites for hydroxylation is 4. The molecule has 32 heavy (non-hydrogen) atoms. The number of ether oxygens (including phenoxy) is 1. The van der Waals surface area contributed by atoms with E-state index in [0.717, 1.165) is 41.7 Å². The molecular weight excluding hydrogens is 396 g/mol. The highest BCUT2D eigenvalue weighted by atomic mass is 16.5. The van der Waals surface area contributed by atoms with Gasteiger partial charge in [-0.15, -0.1) is 0 Å². The SMILES string of the molecule is Cc1cc2nc(C(O)c3ccccc3)n(CCCCOc3cccc(C)c3C)c2cc1C. The minimum Gasteiger partial charge on any atom is -0.493 e. The van der Waals surface area contributed by atoms with Gasteiger partial charge in [-0.05, 0) is 86.6 Å². The van der Waals surface area contributed by atoms with Crippen molar-refractivity contribution in [2.45, 2.75) is 53.2 Å². The van der Waals surface area contributed by atoms with Gasteiger partial charge in [0.1, 0.15) is 17.7 Å². The third-order valence-electron chi connectivity index (χ3n) is 6.34. The van der Waals surface area contributed by atoms with Crippen LogP contribution in [0.2, 0.25) is 0 Å². The van der Waals surface area contributed by atoms with Crippen LogP contribution in [0.15, 0.2) is 60.7 Å². The van der Waals surface area contributed by atoms with Gasteiger partial charge >= 0.3 is 0 Å². The lowest BCUT2D eigenvalue weighted by molar-refractivity contribution is 0.204. The maximum atomic E-state index is 11.1. The molecule has 3 aromatic carbocycles. The average molecular weight is 429 g/mol. The molecule has 0 saturated heterocycles. The van der Waals surface area contributed by atoms with E-state index in [1.807, 2.05) is 42.5 Å². The molecule has 4 aromatic rings. The molecule has 0 aliphatic rings. The second kappa shape index (κ2) is 9.58. The van der Waals surface area contributed by atoms with Crippen molar-refractivity contribution in [2.24, 2.45) is 0 Å². The molecule has 166 valence electrons. The van der Waals surface area contributed by atoms with Gasteiger partial charge < -0.3 is 14.4 Å². The Morgan fingerprint density at radius 1 is 0.875 bits per heavy atom. The van der Waals surface area contributed by atoms with Crippen molar-refractivity contribution in [3.63, 3.8) is 0 Å². The number of unbranched alkanes of at least 4 members (excludes halogenated alkanes) is 1. The predicted molar refractivity (Wildman–Crippen MR) is 130 cm³/mol. The second-order valence-corrected chi connectivity index (χ2v) is 8.61. The van der Waals surface area contributed by atoms with E-state index in [2.05, 4.69) is 50.5 Å². The first-order valence-electron chi connectivity index (χ1n) is 11.3. The summed E-state index contributed by atoms with van der Waals surface area (Å²) in [5, 5.41) is 11.1. The average Bonchev–Trinajstić information content (AvgIpc) is 3.13. The number of aromatic nitrogens is 2. The van der Waals surface area contributed by atoms with E-state index in [9.17, 15) is 5.11 Å². The smallest absolute Gasteiger partial charge is 0.143 e. The lowest BCUT2D eigenvalue weighted by Crippen LogP contribution is -2.11. The van der Waals surface area contributed by atoms with Crippen LogP contribution in [0.1, 0.15) is 52.6 Å². The number of hydrogen-bond donors (Lipinski definition) is 1. The Bertz CT molecular complexity index is 1210. The number of fused-ring (bicyclic) bond motifs is 1. The standard InChI is InChI=1S/C28H32N2O2/c1-19-11-10-14-26(22(19)4)32-16-9-8-15-30-25-18-21(3)20(2)17-24(25)29-28(30)27(31)23-12-6-5-7-13-23/h5-7,10-14,17-18,27,31H,8-9,15-16H2,1-4H3. The van der Waals surface area contributed by atoms with Gasteiger partial charge in [-0.25, -0.2) is 4.98 Å². The Balaban J connectivity index is 1.52. The van der Waals surface area contributed by atoms with E-state index in [1.54, 1.807) is 0 Å². The minimum atomic E-state index is -0.754. The van der Waals surface area contributed by atoms with Gasteiger partial charge in [0.05, 0.1) is 17.6 Å². The highest BCUT2D eigenvalue weighted by Gasteiger charge is 2.20. The molecule has 4 heteroatoms. The van der Waals surface area contributed by atoms with Crippen molar-refractivity contribution in [3.05, 3.63) is 94.3 Å². The molecule has 1 N–H and O–H groups in total. The Labute approximate surface area is 190 Å². The van der Waals surface area contributed by atoms with Gasteiger partial charge in [0.25, 0.3) is 0 Å². The summed E-state index contributed by atoms with van der Waals surface area (Å²) >= 11 is 0. The van der Waals surface area contributed by atoms with Crippen LogP contribution in [0, 0.1) is 27.7 Å². The van der Waals surface area contributed by atoms with Crippen molar-refractivity contribution >= 4 is 11.0 Å². The van der Waals surface area contributed by atoms with Crippen molar-refractivity contribution in [1.82, 2.24) is 9.55 Å². The van der Waals surface area contributed by atoms with Gasteiger partial charge in [0.2, 0.25) is 0 Å². The van der Waals surface area contributed by atoms with E-state index in [4.69, 9.17) is 9.72 Å². The molecular formula is C28H32N2O2. The molecule has 0 saturated carbocycles. The summed E-state index contributed by atoms with van der Waals surface area (Å²) < 4.78 is 8.21. The molecule has 1 heterocycles. The Hall–Kier alpha value is -3.11.